The third-order valence-corrected chi connectivity index (χ3v) is 3.87. The average Bonchev–Trinajstić information content (AvgIpc) is 2.47. The van der Waals surface area contributed by atoms with Crippen LogP contribution in [0, 0.1) is 5.82 Å². The lowest BCUT2D eigenvalue weighted by atomic mass is 10.0. The Labute approximate surface area is 128 Å². The number of nitrogens with zero attached hydrogens (tertiary/aromatic N) is 1. The van der Waals surface area contributed by atoms with Gasteiger partial charge in [-0.3, -0.25) is 0 Å². The number of nitrogens with one attached hydrogen (secondary N) is 1. The van der Waals surface area contributed by atoms with E-state index in [4.69, 9.17) is 4.74 Å². The molecule has 0 aliphatic rings. The lowest BCUT2D eigenvalue weighted by molar-refractivity contribution is 0.254. The molecule has 1 unspecified atom stereocenters. The topological polar surface area (TPSA) is 24.5 Å². The maximum Gasteiger partial charge on any atom is 0.131 e. The van der Waals surface area contributed by atoms with E-state index in [-0.39, 0.29) is 11.9 Å². The van der Waals surface area contributed by atoms with Gasteiger partial charge < -0.3 is 15.0 Å². The molecule has 0 saturated carbocycles. The molecule has 0 aromatic heterocycles. The Morgan fingerprint density at radius 3 is 2.62 bits per heavy atom. The smallest absolute Gasteiger partial charge is 0.131 e. The Hall–Kier alpha value is -1.13. The highest BCUT2D eigenvalue weighted by molar-refractivity contribution is 5.37. The van der Waals surface area contributed by atoms with Gasteiger partial charge in [0.25, 0.3) is 0 Å². The number of ether oxygens (including phenoxy) is 1. The summed E-state index contributed by atoms with van der Waals surface area (Å²) in [5.74, 6) is 0.422. The van der Waals surface area contributed by atoms with Crippen LogP contribution in [-0.4, -0.2) is 38.2 Å². The van der Waals surface area contributed by atoms with Gasteiger partial charge in [-0.1, -0.05) is 13.0 Å². The molecule has 120 valence electrons. The lowest BCUT2D eigenvalue weighted by Gasteiger charge is -2.26. The minimum Gasteiger partial charge on any atom is -0.496 e. The second-order valence-corrected chi connectivity index (χ2v) is 5.73. The Morgan fingerprint density at radius 1 is 1.33 bits per heavy atom. The van der Waals surface area contributed by atoms with Crippen LogP contribution in [0.4, 0.5) is 4.39 Å². The molecule has 1 aromatic rings. The van der Waals surface area contributed by atoms with E-state index in [2.05, 4.69) is 38.0 Å². The fourth-order valence-corrected chi connectivity index (χ4v) is 2.29. The summed E-state index contributed by atoms with van der Waals surface area (Å²) >= 11 is 0. The van der Waals surface area contributed by atoms with Crippen molar-refractivity contribution in [2.24, 2.45) is 0 Å². The van der Waals surface area contributed by atoms with Crippen molar-refractivity contribution in [3.63, 3.8) is 0 Å². The van der Waals surface area contributed by atoms with Crippen LogP contribution in [0.2, 0.25) is 0 Å². The summed E-state index contributed by atoms with van der Waals surface area (Å²) in [6, 6.07) is 5.48. The molecule has 0 amide bonds. The molecule has 0 aliphatic carbocycles. The first-order chi connectivity index (χ1) is 10.0. The summed E-state index contributed by atoms with van der Waals surface area (Å²) in [7, 11) is 3.69. The maximum atomic E-state index is 14.3. The number of rotatable bonds is 9. The molecule has 1 atom stereocenters. The van der Waals surface area contributed by atoms with E-state index in [1.54, 1.807) is 13.2 Å². The second kappa shape index (κ2) is 9.00. The first kappa shape index (κ1) is 17.9. The van der Waals surface area contributed by atoms with E-state index in [1.165, 1.54) is 6.07 Å². The molecule has 4 heteroatoms. The van der Waals surface area contributed by atoms with Crippen LogP contribution >= 0.6 is 0 Å². The molecule has 0 aliphatic heterocycles. The van der Waals surface area contributed by atoms with Crippen molar-refractivity contribution >= 4 is 0 Å². The number of benzene rings is 1. The van der Waals surface area contributed by atoms with E-state index < -0.39 is 0 Å². The van der Waals surface area contributed by atoms with Gasteiger partial charge in [0, 0.05) is 17.6 Å². The normalized spacial score (nSPS) is 13.0. The third-order valence-electron chi connectivity index (χ3n) is 3.87. The molecular weight excluding hydrogens is 267 g/mol. The van der Waals surface area contributed by atoms with Gasteiger partial charge in [0.2, 0.25) is 0 Å². The summed E-state index contributed by atoms with van der Waals surface area (Å²) in [5, 5.41) is 3.45. The molecule has 3 nitrogen and oxygen atoms in total. The molecule has 0 heterocycles. The SMILES string of the molecule is CCCNC(CCN(C)C(C)C)c1c(F)cccc1OC. The van der Waals surface area contributed by atoms with Crippen LogP contribution in [0.15, 0.2) is 18.2 Å². The molecule has 0 saturated heterocycles. The summed E-state index contributed by atoms with van der Waals surface area (Å²) in [5.41, 5.74) is 0.644. The number of methoxy groups -OCH3 is 1. The molecule has 1 N–H and O–H groups in total. The molecule has 0 bridgehead atoms. The summed E-state index contributed by atoms with van der Waals surface area (Å²) in [6.45, 7) is 8.23. The van der Waals surface area contributed by atoms with Crippen molar-refractivity contribution in [2.75, 3.05) is 27.2 Å². The fourth-order valence-electron chi connectivity index (χ4n) is 2.29. The highest BCUT2D eigenvalue weighted by Crippen LogP contribution is 2.30. The number of hydrogen-bond acceptors (Lipinski definition) is 3. The minimum absolute atomic E-state index is 0.0256. The van der Waals surface area contributed by atoms with E-state index >= 15 is 0 Å². The predicted molar refractivity (Wildman–Crippen MR) is 86.4 cm³/mol. The molecule has 0 fully saturated rings. The molecular formula is C17H29FN2O. The first-order valence-corrected chi connectivity index (χ1v) is 7.77. The van der Waals surface area contributed by atoms with Crippen LogP contribution in [0.3, 0.4) is 0 Å². The largest absolute Gasteiger partial charge is 0.496 e. The van der Waals surface area contributed by atoms with Gasteiger partial charge in [-0.05, 0) is 59.0 Å². The zero-order valence-electron chi connectivity index (χ0n) is 13.9. The maximum absolute atomic E-state index is 14.3. The van der Waals surface area contributed by atoms with Gasteiger partial charge >= 0.3 is 0 Å². The first-order valence-electron chi connectivity index (χ1n) is 7.77. The summed E-state index contributed by atoms with van der Waals surface area (Å²) < 4.78 is 19.6. The molecule has 21 heavy (non-hydrogen) atoms. The highest BCUT2D eigenvalue weighted by atomic mass is 19.1. The van der Waals surface area contributed by atoms with Gasteiger partial charge in [-0.25, -0.2) is 4.39 Å². The van der Waals surface area contributed by atoms with Crippen molar-refractivity contribution in [1.29, 1.82) is 0 Å². The van der Waals surface area contributed by atoms with Crippen molar-refractivity contribution in [2.45, 2.75) is 45.7 Å². The molecule has 0 spiro atoms. The fraction of sp³-hybridized carbons (Fsp3) is 0.647. The second-order valence-electron chi connectivity index (χ2n) is 5.73. The molecule has 0 radical (unpaired) electrons. The van der Waals surface area contributed by atoms with Crippen molar-refractivity contribution in [3.8, 4) is 5.75 Å². The quantitative estimate of drug-likeness (QED) is 0.753. The van der Waals surface area contributed by atoms with Crippen molar-refractivity contribution < 1.29 is 9.13 Å². The van der Waals surface area contributed by atoms with E-state index in [1.807, 2.05) is 6.07 Å². The molecule has 1 aromatic carbocycles. The predicted octanol–water partition coefficient (Wildman–Crippen LogP) is 3.61. The van der Waals surface area contributed by atoms with E-state index in [9.17, 15) is 4.39 Å². The van der Waals surface area contributed by atoms with Gasteiger partial charge in [-0.15, -0.1) is 0 Å². The van der Waals surface area contributed by atoms with Crippen LogP contribution in [0.1, 0.15) is 45.2 Å². The standard InChI is InChI=1S/C17H29FN2O/c1-6-11-19-15(10-12-20(4)13(2)3)17-14(18)8-7-9-16(17)21-5/h7-9,13,15,19H,6,10-12H2,1-5H3. The van der Waals surface area contributed by atoms with Crippen LogP contribution in [-0.2, 0) is 0 Å². The van der Waals surface area contributed by atoms with Crippen molar-refractivity contribution in [3.05, 3.63) is 29.6 Å². The van der Waals surface area contributed by atoms with Crippen LogP contribution in [0.25, 0.3) is 0 Å². The Morgan fingerprint density at radius 2 is 2.05 bits per heavy atom. The zero-order valence-corrected chi connectivity index (χ0v) is 13.9. The monoisotopic (exact) mass is 296 g/mol. The van der Waals surface area contributed by atoms with E-state index in [0.29, 0.717) is 17.4 Å². The molecule has 1 rings (SSSR count). The van der Waals surface area contributed by atoms with Crippen LogP contribution < -0.4 is 10.1 Å². The zero-order chi connectivity index (χ0) is 15.8. The lowest BCUT2D eigenvalue weighted by Crippen LogP contribution is -2.32. The van der Waals surface area contributed by atoms with Gasteiger partial charge in [-0.2, -0.15) is 0 Å². The van der Waals surface area contributed by atoms with Gasteiger partial charge in [0.1, 0.15) is 11.6 Å². The average molecular weight is 296 g/mol. The summed E-state index contributed by atoms with van der Waals surface area (Å²) in [6.07, 6.45) is 1.87. The number of halogens is 1. The van der Waals surface area contributed by atoms with Crippen molar-refractivity contribution in [1.82, 2.24) is 10.2 Å². The van der Waals surface area contributed by atoms with Gasteiger partial charge in [0.05, 0.1) is 7.11 Å². The number of hydrogen-bond donors (Lipinski definition) is 1. The van der Waals surface area contributed by atoms with Gasteiger partial charge in [0.15, 0.2) is 0 Å². The minimum atomic E-state index is -0.199. The summed E-state index contributed by atoms with van der Waals surface area (Å²) in [4.78, 5) is 2.27. The Balaban J connectivity index is 2.91. The third kappa shape index (κ3) is 5.29. The highest BCUT2D eigenvalue weighted by Gasteiger charge is 2.20. The van der Waals surface area contributed by atoms with E-state index in [0.717, 1.165) is 25.9 Å². The van der Waals surface area contributed by atoms with Crippen LogP contribution in [0.5, 0.6) is 5.75 Å². The Kier molecular flexibility index (Phi) is 7.68. The Bertz CT molecular complexity index is 423.